The number of aliphatic hydroxyl groups is 1. The van der Waals surface area contributed by atoms with Gasteiger partial charge in [0, 0.05) is 6.42 Å². The van der Waals surface area contributed by atoms with Gasteiger partial charge in [-0.25, -0.2) is 0 Å². The van der Waals surface area contributed by atoms with Crippen LogP contribution in [0, 0.1) is 0 Å². The molecule has 1 atom stereocenters. The Bertz CT molecular complexity index is 394. The van der Waals surface area contributed by atoms with Gasteiger partial charge in [0.2, 0.25) is 0 Å². The summed E-state index contributed by atoms with van der Waals surface area (Å²) >= 11 is 0. The lowest BCUT2D eigenvalue weighted by Gasteiger charge is -2.34. The zero-order valence-corrected chi connectivity index (χ0v) is 16.8. The zero-order valence-electron chi connectivity index (χ0n) is 16.0. The first kappa shape index (κ1) is 23.4. The minimum atomic E-state index is -0.313. The van der Waals surface area contributed by atoms with E-state index in [1.165, 1.54) is 63.5 Å². The number of nitrogens with zero attached hydrogens (tertiary/aromatic N) is 1. The highest BCUT2D eigenvalue weighted by Crippen LogP contribution is 2.23. The number of para-hydroxylation sites is 1. The van der Waals surface area contributed by atoms with Gasteiger partial charge in [-0.1, -0.05) is 82.9 Å². The fourth-order valence-corrected chi connectivity index (χ4v) is 3.12. The summed E-state index contributed by atoms with van der Waals surface area (Å²) in [6.07, 6.45) is 14.0. The largest absolute Gasteiger partial charge is 1.00 e. The number of benzene rings is 1. The van der Waals surface area contributed by atoms with Crippen LogP contribution in [0.4, 0.5) is 5.69 Å². The van der Waals surface area contributed by atoms with Gasteiger partial charge in [0.1, 0.15) is 5.69 Å². The van der Waals surface area contributed by atoms with E-state index in [0.717, 1.165) is 12.8 Å². The van der Waals surface area contributed by atoms with Crippen molar-refractivity contribution in [3.05, 3.63) is 30.3 Å². The van der Waals surface area contributed by atoms with Gasteiger partial charge in [0.05, 0.1) is 14.1 Å². The van der Waals surface area contributed by atoms with Crippen LogP contribution in [0.15, 0.2) is 30.3 Å². The van der Waals surface area contributed by atoms with Crippen molar-refractivity contribution in [1.29, 1.82) is 0 Å². The average molecular weight is 356 g/mol. The lowest BCUT2D eigenvalue weighted by molar-refractivity contribution is -0.00000888. The number of hydrogen-bond donors (Lipinski definition) is 1. The molecule has 0 aliphatic rings. The molecule has 1 aromatic carbocycles. The van der Waals surface area contributed by atoms with Crippen molar-refractivity contribution < 1.29 is 17.5 Å². The number of rotatable bonds is 13. The van der Waals surface area contributed by atoms with E-state index in [0.29, 0.717) is 4.48 Å². The van der Waals surface area contributed by atoms with E-state index >= 15 is 0 Å². The molecule has 0 bridgehead atoms. The molecule has 0 aliphatic carbocycles. The van der Waals surface area contributed by atoms with E-state index in [1.54, 1.807) is 0 Å². The lowest BCUT2D eigenvalue weighted by Crippen LogP contribution is -3.00. The van der Waals surface area contributed by atoms with Gasteiger partial charge in [-0.05, 0) is 18.6 Å². The Balaban J connectivity index is 0.00000529. The summed E-state index contributed by atoms with van der Waals surface area (Å²) in [5.41, 5.74) is 1.17. The first-order valence-corrected chi connectivity index (χ1v) is 9.66. The number of quaternary nitrogens is 1. The van der Waals surface area contributed by atoms with Gasteiger partial charge in [0.25, 0.3) is 0 Å². The first-order valence-electron chi connectivity index (χ1n) is 9.66. The summed E-state index contributed by atoms with van der Waals surface area (Å²) in [4.78, 5) is 0. The summed E-state index contributed by atoms with van der Waals surface area (Å²) in [6, 6.07) is 10.3. The first-order chi connectivity index (χ1) is 11.1. The van der Waals surface area contributed by atoms with Crippen molar-refractivity contribution in [3.8, 4) is 0 Å². The number of hydrogen-bond acceptors (Lipinski definition) is 1. The van der Waals surface area contributed by atoms with E-state index in [4.69, 9.17) is 0 Å². The Morgan fingerprint density at radius 3 is 1.75 bits per heavy atom. The van der Waals surface area contributed by atoms with Crippen LogP contribution in [0.1, 0.15) is 77.6 Å². The molecule has 0 fully saturated rings. The van der Waals surface area contributed by atoms with Crippen LogP contribution in [-0.4, -0.2) is 25.4 Å². The molecule has 0 saturated carbocycles. The van der Waals surface area contributed by atoms with Crippen LogP contribution in [0.3, 0.4) is 0 Å². The third-order valence-corrected chi connectivity index (χ3v) is 4.98. The SMILES string of the molecule is CCCCCCCCCCCCC(O)[N+](C)(C)c1ccccc1.[Cl-]. The highest BCUT2D eigenvalue weighted by atomic mass is 35.5. The third-order valence-electron chi connectivity index (χ3n) is 4.98. The minimum absolute atomic E-state index is 0. The molecular formula is C21H38ClNO. The molecule has 0 radical (unpaired) electrons. The fraction of sp³-hybridized carbons (Fsp3) is 0.714. The van der Waals surface area contributed by atoms with Crippen molar-refractivity contribution >= 4 is 5.69 Å². The summed E-state index contributed by atoms with van der Waals surface area (Å²) in [5, 5.41) is 10.5. The molecule has 0 aliphatic heterocycles. The van der Waals surface area contributed by atoms with Gasteiger partial charge in [0.15, 0.2) is 6.23 Å². The molecule has 0 aromatic heterocycles. The summed E-state index contributed by atoms with van der Waals surface area (Å²) in [5.74, 6) is 0. The monoisotopic (exact) mass is 355 g/mol. The second-order valence-corrected chi connectivity index (χ2v) is 7.33. The molecule has 0 spiro atoms. The van der Waals surface area contributed by atoms with Gasteiger partial charge in [-0.15, -0.1) is 0 Å². The number of halogens is 1. The number of aliphatic hydroxyl groups excluding tert-OH is 1. The summed E-state index contributed by atoms with van der Waals surface area (Å²) < 4.78 is 0.554. The van der Waals surface area contributed by atoms with Crippen molar-refractivity contribution in [1.82, 2.24) is 4.48 Å². The van der Waals surface area contributed by atoms with E-state index in [9.17, 15) is 5.11 Å². The molecule has 0 heterocycles. The Morgan fingerprint density at radius 2 is 1.25 bits per heavy atom. The Hall–Kier alpha value is -0.570. The molecule has 0 amide bonds. The van der Waals surface area contributed by atoms with Crippen LogP contribution >= 0.6 is 0 Å². The minimum Gasteiger partial charge on any atom is -1.00 e. The summed E-state index contributed by atoms with van der Waals surface area (Å²) in [6.45, 7) is 2.27. The molecule has 1 unspecified atom stereocenters. The van der Waals surface area contributed by atoms with Gasteiger partial charge in [-0.2, -0.15) is 0 Å². The molecule has 0 saturated heterocycles. The maximum atomic E-state index is 10.5. The van der Waals surface area contributed by atoms with Crippen LogP contribution in [-0.2, 0) is 0 Å². The van der Waals surface area contributed by atoms with E-state index < -0.39 is 0 Å². The normalized spacial score (nSPS) is 12.7. The van der Waals surface area contributed by atoms with Gasteiger partial charge < -0.3 is 17.5 Å². The second-order valence-electron chi connectivity index (χ2n) is 7.33. The Morgan fingerprint density at radius 1 is 0.792 bits per heavy atom. The predicted octanol–water partition coefficient (Wildman–Crippen LogP) is 2.89. The third kappa shape index (κ3) is 9.05. The highest BCUT2D eigenvalue weighted by molar-refractivity contribution is 5.41. The molecule has 3 heteroatoms. The molecule has 24 heavy (non-hydrogen) atoms. The molecule has 140 valence electrons. The maximum Gasteiger partial charge on any atom is 0.194 e. The lowest BCUT2D eigenvalue weighted by atomic mass is 10.1. The van der Waals surface area contributed by atoms with Crippen molar-refractivity contribution in [2.45, 2.75) is 83.8 Å². The molecule has 1 rings (SSSR count). The topological polar surface area (TPSA) is 20.2 Å². The predicted molar refractivity (Wildman–Crippen MR) is 103 cm³/mol. The van der Waals surface area contributed by atoms with Crippen molar-refractivity contribution in [2.24, 2.45) is 0 Å². The Labute approximate surface area is 156 Å². The fourth-order valence-electron chi connectivity index (χ4n) is 3.12. The zero-order chi connectivity index (χ0) is 17.0. The van der Waals surface area contributed by atoms with E-state index in [-0.39, 0.29) is 18.6 Å². The second kappa shape index (κ2) is 13.7. The van der Waals surface area contributed by atoms with Gasteiger partial charge >= 0.3 is 0 Å². The molecular weight excluding hydrogens is 318 g/mol. The highest BCUT2D eigenvalue weighted by Gasteiger charge is 2.27. The van der Waals surface area contributed by atoms with E-state index in [2.05, 4.69) is 33.2 Å². The Kier molecular flexibility index (Phi) is 13.4. The van der Waals surface area contributed by atoms with E-state index in [1.807, 2.05) is 18.2 Å². The van der Waals surface area contributed by atoms with Crippen molar-refractivity contribution in [3.63, 3.8) is 0 Å². The van der Waals surface area contributed by atoms with Crippen LogP contribution in [0.5, 0.6) is 0 Å². The average Bonchev–Trinajstić information content (AvgIpc) is 2.57. The molecule has 1 N–H and O–H groups in total. The van der Waals surface area contributed by atoms with Crippen LogP contribution in [0.2, 0.25) is 0 Å². The quantitative estimate of drug-likeness (QED) is 0.328. The summed E-state index contributed by atoms with van der Waals surface area (Å²) in [7, 11) is 4.19. The van der Waals surface area contributed by atoms with Crippen LogP contribution in [0.25, 0.3) is 0 Å². The molecule has 1 aromatic rings. The van der Waals surface area contributed by atoms with Crippen LogP contribution < -0.4 is 16.9 Å². The standard InChI is InChI=1S/C21H38NO.ClH/c1-4-5-6-7-8-9-10-11-12-16-19-21(23)22(2,3)20-17-14-13-15-18-20;/h13-15,17-18,21,23H,4-12,16,19H2,1-3H3;1H/q+1;/p-1. The molecule has 2 nitrogen and oxygen atoms in total. The van der Waals surface area contributed by atoms with Gasteiger partial charge in [-0.3, -0.25) is 4.48 Å². The number of unbranched alkanes of at least 4 members (excludes halogenated alkanes) is 9. The smallest absolute Gasteiger partial charge is 0.194 e. The van der Waals surface area contributed by atoms with Crippen molar-refractivity contribution in [2.75, 3.05) is 14.1 Å². The maximum absolute atomic E-state index is 10.5.